The summed E-state index contributed by atoms with van der Waals surface area (Å²) in [5, 5.41) is 7.08. The number of fused-ring (bicyclic) bond motifs is 6. The van der Waals surface area contributed by atoms with Crippen molar-refractivity contribution >= 4 is 60.5 Å². The lowest BCUT2D eigenvalue weighted by atomic mass is 9.97. The summed E-state index contributed by atoms with van der Waals surface area (Å²) in [6.45, 7) is 0. The van der Waals surface area contributed by atoms with Crippen molar-refractivity contribution in [2.75, 3.05) is 4.90 Å². The first kappa shape index (κ1) is 33.6. The van der Waals surface area contributed by atoms with E-state index in [2.05, 4.69) is 229 Å². The largest absolute Gasteiger partial charge is 0.455 e. The van der Waals surface area contributed by atoms with Gasteiger partial charge in [0.05, 0.1) is 0 Å². The van der Waals surface area contributed by atoms with E-state index in [1.807, 2.05) is 0 Å². The Kier molecular flexibility index (Phi) is 8.19. The highest BCUT2D eigenvalue weighted by molar-refractivity contribution is 6.19. The van der Waals surface area contributed by atoms with E-state index in [-0.39, 0.29) is 0 Å². The van der Waals surface area contributed by atoms with Gasteiger partial charge >= 0.3 is 0 Å². The molecular weight excluding hydrogens is 703 g/mol. The fourth-order valence-corrected chi connectivity index (χ4v) is 8.52. The minimum atomic E-state index is 0.899. The Hall–Kier alpha value is -7.68. The third-order valence-electron chi connectivity index (χ3n) is 11.5. The molecule has 58 heavy (non-hydrogen) atoms. The van der Waals surface area contributed by atoms with Gasteiger partial charge in [0.15, 0.2) is 0 Å². The third kappa shape index (κ3) is 6.00. The maximum Gasteiger partial charge on any atom is 0.143 e. The maximum atomic E-state index is 6.53. The van der Waals surface area contributed by atoms with Crippen LogP contribution in [0.4, 0.5) is 17.1 Å². The minimum Gasteiger partial charge on any atom is -0.455 e. The second kappa shape index (κ2) is 14.1. The molecule has 11 rings (SSSR count). The fourth-order valence-electron chi connectivity index (χ4n) is 8.52. The van der Waals surface area contributed by atoms with Crippen LogP contribution in [0.2, 0.25) is 0 Å². The zero-order valence-corrected chi connectivity index (χ0v) is 31.7. The first-order valence-electron chi connectivity index (χ1n) is 19.8. The third-order valence-corrected chi connectivity index (χ3v) is 11.5. The summed E-state index contributed by atoms with van der Waals surface area (Å²) in [4.78, 5) is 2.35. The molecule has 0 bridgehead atoms. The Bertz CT molecular complexity index is 3250. The summed E-state index contributed by atoms with van der Waals surface area (Å²) >= 11 is 0. The second-order valence-electron chi connectivity index (χ2n) is 14.9. The molecule has 10 aromatic carbocycles. The van der Waals surface area contributed by atoms with Crippen molar-refractivity contribution in [1.29, 1.82) is 0 Å². The van der Waals surface area contributed by atoms with E-state index in [0.717, 1.165) is 55.5 Å². The molecule has 1 heterocycles. The van der Waals surface area contributed by atoms with E-state index in [0.29, 0.717) is 0 Å². The first-order chi connectivity index (χ1) is 28.7. The first-order valence-corrected chi connectivity index (χ1v) is 19.8. The van der Waals surface area contributed by atoms with Gasteiger partial charge in [-0.2, -0.15) is 0 Å². The lowest BCUT2D eigenvalue weighted by Crippen LogP contribution is -2.09. The molecule has 272 valence electrons. The summed E-state index contributed by atoms with van der Waals surface area (Å²) < 4.78 is 6.53. The Morgan fingerprint density at radius 2 is 0.793 bits per heavy atom. The Morgan fingerprint density at radius 3 is 1.48 bits per heavy atom. The molecule has 2 nitrogen and oxygen atoms in total. The van der Waals surface area contributed by atoms with Crippen molar-refractivity contribution in [1.82, 2.24) is 0 Å². The summed E-state index contributed by atoms with van der Waals surface area (Å²) in [5.74, 6) is 0. The maximum absolute atomic E-state index is 6.53. The summed E-state index contributed by atoms with van der Waals surface area (Å²) in [5.41, 5.74) is 14.6. The standard InChI is InChI=1S/C56H37NO/c1-2-10-38(11-3-1)45-15-8-16-46(36-45)40-22-29-48(30-23-40)57(49-31-24-41(25-32-49)47-21-20-39-12-4-5-14-44(39)37-47)50-33-26-43(27-34-50)51-18-9-19-54-55(51)53-35-28-42-13-6-7-17-52(42)56(53)58-54/h1-37H. The zero-order valence-electron chi connectivity index (χ0n) is 31.7. The predicted molar refractivity (Wildman–Crippen MR) is 245 cm³/mol. The van der Waals surface area contributed by atoms with Crippen molar-refractivity contribution in [3.8, 4) is 44.5 Å². The summed E-state index contributed by atoms with van der Waals surface area (Å²) in [7, 11) is 0. The highest BCUT2D eigenvalue weighted by Crippen LogP contribution is 2.42. The quantitative estimate of drug-likeness (QED) is 0.162. The normalized spacial score (nSPS) is 11.4. The molecule has 11 aromatic rings. The smallest absolute Gasteiger partial charge is 0.143 e. The van der Waals surface area contributed by atoms with Gasteiger partial charge in [0.2, 0.25) is 0 Å². The van der Waals surface area contributed by atoms with Gasteiger partial charge in [-0.15, -0.1) is 0 Å². The van der Waals surface area contributed by atoms with Gasteiger partial charge < -0.3 is 9.32 Å². The van der Waals surface area contributed by atoms with Crippen LogP contribution >= 0.6 is 0 Å². The summed E-state index contributed by atoms with van der Waals surface area (Å²) in [6, 6.07) is 80.6. The molecule has 0 aliphatic carbocycles. The van der Waals surface area contributed by atoms with Crippen LogP contribution < -0.4 is 4.90 Å². The van der Waals surface area contributed by atoms with Gasteiger partial charge in [-0.25, -0.2) is 0 Å². The molecule has 2 heteroatoms. The molecule has 0 amide bonds. The van der Waals surface area contributed by atoms with Crippen LogP contribution in [0.15, 0.2) is 229 Å². The Morgan fingerprint density at radius 1 is 0.293 bits per heavy atom. The molecule has 0 radical (unpaired) electrons. The lowest BCUT2D eigenvalue weighted by molar-refractivity contribution is 0.673. The minimum absolute atomic E-state index is 0.899. The number of anilines is 3. The summed E-state index contributed by atoms with van der Waals surface area (Å²) in [6.07, 6.45) is 0. The SMILES string of the molecule is c1ccc(-c2cccc(-c3ccc(N(c4ccc(-c5ccc6ccccc6c5)cc4)c4ccc(-c5cccc6oc7c8ccccc8ccc7c56)cc4)cc3)c2)cc1. The zero-order chi connectivity index (χ0) is 38.4. The molecule has 0 unspecified atom stereocenters. The molecule has 0 saturated carbocycles. The Labute approximate surface area is 337 Å². The number of rotatable bonds is 7. The monoisotopic (exact) mass is 739 g/mol. The fraction of sp³-hybridized carbons (Fsp3) is 0. The van der Waals surface area contributed by atoms with Gasteiger partial charge in [-0.3, -0.25) is 0 Å². The average Bonchev–Trinajstić information content (AvgIpc) is 3.70. The number of hydrogen-bond acceptors (Lipinski definition) is 2. The highest BCUT2D eigenvalue weighted by Gasteiger charge is 2.17. The van der Waals surface area contributed by atoms with Gasteiger partial charge in [0.25, 0.3) is 0 Å². The molecule has 0 aliphatic heterocycles. The van der Waals surface area contributed by atoms with Crippen molar-refractivity contribution in [3.05, 3.63) is 224 Å². The Balaban J connectivity index is 0.982. The topological polar surface area (TPSA) is 16.4 Å². The van der Waals surface area contributed by atoms with Crippen LogP contribution in [0.25, 0.3) is 88.0 Å². The van der Waals surface area contributed by atoms with Gasteiger partial charge in [-0.05, 0) is 121 Å². The van der Waals surface area contributed by atoms with Crippen molar-refractivity contribution in [2.45, 2.75) is 0 Å². The molecule has 0 saturated heterocycles. The molecule has 0 N–H and O–H groups in total. The van der Waals surface area contributed by atoms with Crippen molar-refractivity contribution < 1.29 is 4.42 Å². The van der Waals surface area contributed by atoms with Crippen molar-refractivity contribution in [3.63, 3.8) is 0 Å². The molecule has 0 aliphatic rings. The van der Waals surface area contributed by atoms with Crippen molar-refractivity contribution in [2.24, 2.45) is 0 Å². The van der Waals surface area contributed by atoms with Crippen LogP contribution in [-0.2, 0) is 0 Å². The number of furan rings is 1. The molecule has 0 atom stereocenters. The highest BCUT2D eigenvalue weighted by atomic mass is 16.3. The van der Waals surface area contributed by atoms with Gasteiger partial charge in [0.1, 0.15) is 11.2 Å². The van der Waals surface area contributed by atoms with Crippen LogP contribution in [0.5, 0.6) is 0 Å². The van der Waals surface area contributed by atoms with E-state index < -0.39 is 0 Å². The van der Waals surface area contributed by atoms with Crippen LogP contribution in [-0.4, -0.2) is 0 Å². The molecule has 1 aromatic heterocycles. The lowest BCUT2D eigenvalue weighted by Gasteiger charge is -2.26. The van der Waals surface area contributed by atoms with Crippen LogP contribution in [0.3, 0.4) is 0 Å². The predicted octanol–water partition coefficient (Wildman–Crippen LogP) is 16.0. The number of hydrogen-bond donors (Lipinski definition) is 0. The van der Waals surface area contributed by atoms with E-state index in [4.69, 9.17) is 4.42 Å². The van der Waals surface area contributed by atoms with E-state index in [9.17, 15) is 0 Å². The number of benzene rings is 10. The van der Waals surface area contributed by atoms with Gasteiger partial charge in [-0.1, -0.05) is 164 Å². The van der Waals surface area contributed by atoms with Crippen LogP contribution in [0.1, 0.15) is 0 Å². The average molecular weight is 740 g/mol. The van der Waals surface area contributed by atoms with E-state index >= 15 is 0 Å². The number of nitrogens with zero attached hydrogens (tertiary/aromatic N) is 1. The van der Waals surface area contributed by atoms with E-state index in [1.165, 1.54) is 49.5 Å². The molecule has 0 fully saturated rings. The van der Waals surface area contributed by atoms with Gasteiger partial charge in [0, 0.05) is 33.2 Å². The second-order valence-corrected chi connectivity index (χ2v) is 14.9. The van der Waals surface area contributed by atoms with Crippen LogP contribution in [0, 0.1) is 0 Å². The van der Waals surface area contributed by atoms with E-state index in [1.54, 1.807) is 0 Å². The molecular formula is C56H37NO. The molecule has 0 spiro atoms.